The third-order valence-corrected chi connectivity index (χ3v) is 6.90. The third kappa shape index (κ3) is 6.29. The summed E-state index contributed by atoms with van der Waals surface area (Å²) in [6.07, 6.45) is 6.26. The average molecular weight is 593 g/mol. The molecule has 222 valence electrons. The lowest BCUT2D eigenvalue weighted by atomic mass is 10.0. The van der Waals surface area contributed by atoms with Gasteiger partial charge in [-0.2, -0.15) is 0 Å². The van der Waals surface area contributed by atoms with Crippen LogP contribution in [0.2, 0.25) is 0 Å². The van der Waals surface area contributed by atoms with Crippen LogP contribution in [0.1, 0.15) is 11.1 Å². The molecule has 0 bridgehead atoms. The molecular weight excluding hydrogens is 564 g/mol. The molecule has 4 aromatic carbocycles. The maximum Gasteiger partial charge on any atom is 0.248 e. The first-order valence-electron chi connectivity index (χ1n) is 13.6. The fourth-order valence-corrected chi connectivity index (χ4v) is 4.67. The van der Waals surface area contributed by atoms with Crippen molar-refractivity contribution in [3.8, 4) is 45.6 Å². The second kappa shape index (κ2) is 12.5. The number of hydrogen-bond acceptors (Lipinski definition) is 8. The highest BCUT2D eigenvalue weighted by molar-refractivity contribution is 6.04. The van der Waals surface area contributed by atoms with Gasteiger partial charge in [0, 0.05) is 12.2 Å². The van der Waals surface area contributed by atoms with Gasteiger partial charge in [-0.15, -0.1) is 0 Å². The van der Waals surface area contributed by atoms with Gasteiger partial charge in [0.05, 0.1) is 25.6 Å². The largest absolute Gasteiger partial charge is 0.495 e. The molecule has 0 radical (unpaired) electrons. The first-order valence-corrected chi connectivity index (χ1v) is 13.6. The zero-order valence-electron chi connectivity index (χ0n) is 23.9. The molecule has 0 fully saturated rings. The van der Waals surface area contributed by atoms with E-state index in [1.807, 2.05) is 48.5 Å². The quantitative estimate of drug-likeness (QED) is 0.223. The molecular formula is C34H28N2O8. The molecule has 0 saturated carbocycles. The summed E-state index contributed by atoms with van der Waals surface area (Å²) < 4.78 is 32.5. The SMILES string of the molecule is COc1cc(-c2ccc(NC(=O)C=Cc3ccc4c(c3)OCO4)c(OC)c2)ccc1NC(=O)C=Cc1ccc2c(c1)OCO2. The number of nitrogens with one attached hydrogen (secondary N) is 2. The van der Waals surface area contributed by atoms with E-state index in [0.717, 1.165) is 22.3 Å². The van der Waals surface area contributed by atoms with E-state index in [9.17, 15) is 9.59 Å². The van der Waals surface area contributed by atoms with Crippen LogP contribution in [0.25, 0.3) is 23.3 Å². The van der Waals surface area contributed by atoms with Gasteiger partial charge in [-0.1, -0.05) is 24.3 Å². The molecule has 4 aromatic rings. The molecule has 0 saturated heterocycles. The molecule has 2 aliphatic heterocycles. The zero-order chi connectivity index (χ0) is 30.5. The van der Waals surface area contributed by atoms with Crippen molar-refractivity contribution in [3.63, 3.8) is 0 Å². The Morgan fingerprint density at radius 1 is 0.591 bits per heavy atom. The number of rotatable bonds is 9. The molecule has 0 atom stereocenters. The molecule has 2 aliphatic rings. The first-order chi connectivity index (χ1) is 21.5. The van der Waals surface area contributed by atoms with Crippen LogP contribution >= 0.6 is 0 Å². The van der Waals surface area contributed by atoms with E-state index < -0.39 is 0 Å². The lowest BCUT2D eigenvalue weighted by Crippen LogP contribution is -2.09. The molecule has 2 amide bonds. The summed E-state index contributed by atoms with van der Waals surface area (Å²) >= 11 is 0. The van der Waals surface area contributed by atoms with E-state index in [1.165, 1.54) is 26.4 Å². The maximum absolute atomic E-state index is 12.6. The highest BCUT2D eigenvalue weighted by Crippen LogP contribution is 2.36. The van der Waals surface area contributed by atoms with Gasteiger partial charge in [0.15, 0.2) is 23.0 Å². The van der Waals surface area contributed by atoms with Crippen LogP contribution in [0.3, 0.4) is 0 Å². The predicted octanol–water partition coefficient (Wildman–Crippen LogP) is 6.13. The highest BCUT2D eigenvalue weighted by Gasteiger charge is 2.15. The number of carbonyl (C=O) groups is 2. The summed E-state index contributed by atoms with van der Waals surface area (Å²) in [5, 5.41) is 5.71. The molecule has 6 rings (SSSR count). The Balaban J connectivity index is 1.11. The molecule has 0 aliphatic carbocycles. The number of amides is 2. The maximum atomic E-state index is 12.6. The van der Waals surface area contributed by atoms with Crippen LogP contribution in [0.5, 0.6) is 34.5 Å². The van der Waals surface area contributed by atoms with E-state index in [1.54, 1.807) is 36.4 Å². The Labute approximate surface area is 253 Å². The minimum atomic E-state index is -0.317. The second-order valence-corrected chi connectivity index (χ2v) is 9.70. The number of carbonyl (C=O) groups excluding carboxylic acids is 2. The number of benzene rings is 4. The molecule has 44 heavy (non-hydrogen) atoms. The summed E-state index contributed by atoms with van der Waals surface area (Å²) in [7, 11) is 3.07. The van der Waals surface area contributed by atoms with Crippen molar-refractivity contribution in [2.45, 2.75) is 0 Å². The molecule has 10 heteroatoms. The van der Waals surface area contributed by atoms with E-state index in [2.05, 4.69) is 10.6 Å². The fourth-order valence-electron chi connectivity index (χ4n) is 4.67. The van der Waals surface area contributed by atoms with Crippen molar-refractivity contribution in [3.05, 3.63) is 96.1 Å². The summed E-state index contributed by atoms with van der Waals surface area (Å²) in [6.45, 7) is 0.377. The second-order valence-electron chi connectivity index (χ2n) is 9.70. The first kappa shape index (κ1) is 28.2. The Kier molecular flexibility index (Phi) is 8.04. The van der Waals surface area contributed by atoms with Crippen LogP contribution < -0.4 is 39.1 Å². The normalized spacial score (nSPS) is 12.9. The van der Waals surface area contributed by atoms with Gasteiger partial charge in [0.2, 0.25) is 25.4 Å². The number of fused-ring (bicyclic) bond motifs is 2. The molecule has 10 nitrogen and oxygen atoms in total. The van der Waals surface area contributed by atoms with Crippen molar-refractivity contribution >= 4 is 35.3 Å². The van der Waals surface area contributed by atoms with Crippen molar-refractivity contribution in [1.82, 2.24) is 0 Å². The van der Waals surface area contributed by atoms with Crippen molar-refractivity contribution in [1.29, 1.82) is 0 Å². The average Bonchev–Trinajstić information content (AvgIpc) is 3.72. The Bertz CT molecular complexity index is 1670. The fraction of sp³-hybridized carbons (Fsp3) is 0.118. The third-order valence-electron chi connectivity index (χ3n) is 6.90. The standard InChI is InChI=1S/C34H28N2O8/c1-39-29-17-23(7-9-25(29)35-33(37)13-5-21-3-11-27-31(15-21)43-19-41-27)24-8-10-26(30(18-24)40-2)36-34(38)14-6-22-4-12-28-32(16-22)44-20-42-28/h3-18H,19-20H2,1-2H3,(H,35,37)(H,36,38). The minimum Gasteiger partial charge on any atom is -0.495 e. The number of methoxy groups -OCH3 is 2. The van der Waals surface area contributed by atoms with Crippen LogP contribution in [-0.2, 0) is 9.59 Å². The topological polar surface area (TPSA) is 114 Å². The van der Waals surface area contributed by atoms with Crippen molar-refractivity contribution < 1.29 is 38.0 Å². The van der Waals surface area contributed by atoms with Crippen molar-refractivity contribution in [2.24, 2.45) is 0 Å². The Morgan fingerprint density at radius 2 is 1.02 bits per heavy atom. The number of anilines is 2. The monoisotopic (exact) mass is 592 g/mol. The summed E-state index contributed by atoms with van der Waals surface area (Å²) in [6, 6.07) is 21.8. The number of hydrogen-bond donors (Lipinski definition) is 2. The predicted molar refractivity (Wildman–Crippen MR) is 165 cm³/mol. The van der Waals surface area contributed by atoms with Gasteiger partial charge in [-0.3, -0.25) is 9.59 Å². The highest BCUT2D eigenvalue weighted by atomic mass is 16.7. The van der Waals surface area contributed by atoms with Gasteiger partial charge >= 0.3 is 0 Å². The molecule has 0 spiro atoms. The van der Waals surface area contributed by atoms with E-state index >= 15 is 0 Å². The van der Waals surface area contributed by atoms with Gasteiger partial charge in [0.1, 0.15) is 11.5 Å². The van der Waals surface area contributed by atoms with Crippen LogP contribution in [0, 0.1) is 0 Å². The molecule has 2 heterocycles. The van der Waals surface area contributed by atoms with E-state index in [-0.39, 0.29) is 25.4 Å². The van der Waals surface area contributed by atoms with Crippen molar-refractivity contribution in [2.75, 3.05) is 38.4 Å². The summed E-state index contributed by atoms with van der Waals surface area (Å²) in [4.78, 5) is 25.3. The summed E-state index contributed by atoms with van der Waals surface area (Å²) in [5.74, 6) is 2.98. The van der Waals surface area contributed by atoms with Crippen LogP contribution in [0.15, 0.2) is 84.9 Å². The zero-order valence-corrected chi connectivity index (χ0v) is 23.9. The molecule has 0 aromatic heterocycles. The van der Waals surface area contributed by atoms with Gasteiger partial charge in [-0.25, -0.2) is 0 Å². The Morgan fingerprint density at radius 3 is 1.45 bits per heavy atom. The van der Waals surface area contributed by atoms with Gasteiger partial charge in [-0.05, 0) is 82.9 Å². The lowest BCUT2D eigenvalue weighted by Gasteiger charge is -2.14. The minimum absolute atomic E-state index is 0.188. The lowest BCUT2D eigenvalue weighted by molar-refractivity contribution is -0.112. The number of ether oxygens (including phenoxy) is 6. The van der Waals surface area contributed by atoms with Gasteiger partial charge < -0.3 is 39.1 Å². The van der Waals surface area contributed by atoms with Crippen LogP contribution in [-0.4, -0.2) is 39.6 Å². The smallest absolute Gasteiger partial charge is 0.248 e. The molecule has 2 N–H and O–H groups in total. The molecule has 0 unspecified atom stereocenters. The van der Waals surface area contributed by atoms with Gasteiger partial charge in [0.25, 0.3) is 0 Å². The van der Waals surface area contributed by atoms with Crippen LogP contribution in [0.4, 0.5) is 11.4 Å². The van der Waals surface area contributed by atoms with E-state index in [4.69, 9.17) is 28.4 Å². The summed E-state index contributed by atoms with van der Waals surface area (Å²) in [5.41, 5.74) is 4.30. The Hall–Kier alpha value is -5.90. The van der Waals surface area contributed by atoms with E-state index in [0.29, 0.717) is 45.9 Å².